The van der Waals surface area contributed by atoms with Crippen LogP contribution in [0.25, 0.3) is 0 Å². The van der Waals surface area contributed by atoms with Gasteiger partial charge in [0.2, 0.25) is 0 Å². The highest BCUT2D eigenvalue weighted by molar-refractivity contribution is 7.54. The molecule has 1 fully saturated rings. The SMILES string of the molecule is COP1(=O)CCCO1. The summed E-state index contributed by atoms with van der Waals surface area (Å²) in [5.74, 6) is 0. The minimum Gasteiger partial charge on any atom is -0.312 e. The molecule has 0 bridgehead atoms. The molecule has 0 saturated carbocycles. The molecule has 0 spiro atoms. The van der Waals surface area contributed by atoms with Crippen molar-refractivity contribution < 1.29 is 13.6 Å². The van der Waals surface area contributed by atoms with Crippen LogP contribution in [0.4, 0.5) is 0 Å². The lowest BCUT2D eigenvalue weighted by atomic mass is 10.5. The fourth-order valence-electron chi connectivity index (χ4n) is 0.670. The van der Waals surface area contributed by atoms with Gasteiger partial charge in [-0.1, -0.05) is 0 Å². The summed E-state index contributed by atoms with van der Waals surface area (Å²) in [4.78, 5) is 0. The van der Waals surface area contributed by atoms with Gasteiger partial charge in [-0.15, -0.1) is 0 Å². The van der Waals surface area contributed by atoms with E-state index in [1.54, 1.807) is 0 Å². The monoisotopic (exact) mass is 136 g/mol. The third kappa shape index (κ3) is 1.10. The Morgan fingerprint density at radius 1 is 1.75 bits per heavy atom. The minimum absolute atomic E-state index is 0.587. The Morgan fingerprint density at radius 2 is 2.50 bits per heavy atom. The van der Waals surface area contributed by atoms with Crippen molar-refractivity contribution in [3.63, 3.8) is 0 Å². The van der Waals surface area contributed by atoms with Crippen LogP contribution in [-0.4, -0.2) is 19.9 Å². The molecule has 1 atom stereocenters. The Kier molecular flexibility index (Phi) is 1.71. The molecule has 1 aliphatic rings. The second-order valence-corrected chi connectivity index (χ2v) is 4.00. The molecular formula is C4H9O3P. The third-order valence-corrected chi connectivity index (χ3v) is 3.14. The van der Waals surface area contributed by atoms with Gasteiger partial charge in [0.25, 0.3) is 0 Å². The van der Waals surface area contributed by atoms with E-state index in [1.165, 1.54) is 7.11 Å². The molecular weight excluding hydrogens is 127 g/mol. The van der Waals surface area contributed by atoms with Crippen LogP contribution in [0.15, 0.2) is 0 Å². The van der Waals surface area contributed by atoms with Gasteiger partial charge in [-0.3, -0.25) is 4.57 Å². The molecule has 48 valence electrons. The van der Waals surface area contributed by atoms with E-state index in [0.29, 0.717) is 12.8 Å². The predicted octanol–water partition coefficient (Wildman–Crippen LogP) is 1.25. The largest absolute Gasteiger partial charge is 0.330 e. The number of rotatable bonds is 1. The van der Waals surface area contributed by atoms with Crippen LogP contribution < -0.4 is 0 Å². The first-order valence-electron chi connectivity index (χ1n) is 2.56. The van der Waals surface area contributed by atoms with Crippen LogP contribution in [0.1, 0.15) is 6.42 Å². The summed E-state index contributed by atoms with van der Waals surface area (Å²) in [6, 6.07) is 0. The molecule has 0 aromatic heterocycles. The van der Waals surface area contributed by atoms with E-state index >= 15 is 0 Å². The third-order valence-electron chi connectivity index (χ3n) is 1.14. The van der Waals surface area contributed by atoms with Gasteiger partial charge in [-0.05, 0) is 6.42 Å². The molecule has 4 heteroatoms. The predicted molar refractivity (Wildman–Crippen MR) is 30.1 cm³/mol. The maximum Gasteiger partial charge on any atom is 0.330 e. The quantitative estimate of drug-likeness (QED) is 0.509. The van der Waals surface area contributed by atoms with E-state index in [9.17, 15) is 4.57 Å². The molecule has 0 radical (unpaired) electrons. The molecule has 1 rings (SSSR count). The van der Waals surface area contributed by atoms with Crippen LogP contribution in [0.5, 0.6) is 0 Å². The molecule has 0 aromatic rings. The summed E-state index contributed by atoms with van der Waals surface area (Å²) >= 11 is 0. The molecule has 0 amide bonds. The summed E-state index contributed by atoms with van der Waals surface area (Å²) in [7, 11) is -1.13. The zero-order valence-corrected chi connectivity index (χ0v) is 5.69. The number of hydrogen-bond acceptors (Lipinski definition) is 3. The Hall–Kier alpha value is 0.150. The highest BCUT2D eigenvalue weighted by atomic mass is 31.2. The molecule has 1 aliphatic heterocycles. The Labute approximate surface area is 48.5 Å². The molecule has 1 heterocycles. The van der Waals surface area contributed by atoms with Gasteiger partial charge in [0.05, 0.1) is 12.8 Å². The van der Waals surface area contributed by atoms with E-state index in [0.717, 1.165) is 6.42 Å². The van der Waals surface area contributed by atoms with Gasteiger partial charge in [-0.2, -0.15) is 0 Å². The fraction of sp³-hybridized carbons (Fsp3) is 1.00. The van der Waals surface area contributed by atoms with Gasteiger partial charge in [0.15, 0.2) is 0 Å². The lowest BCUT2D eigenvalue weighted by molar-refractivity contribution is 0.265. The molecule has 1 unspecified atom stereocenters. The zero-order chi connectivity index (χ0) is 6.04. The fourth-order valence-corrected chi connectivity index (χ4v) is 2.01. The minimum atomic E-state index is -2.55. The van der Waals surface area contributed by atoms with Crippen LogP contribution in [0, 0.1) is 0 Å². The molecule has 0 aliphatic carbocycles. The molecule has 3 nitrogen and oxygen atoms in total. The molecule has 1 saturated heterocycles. The summed E-state index contributed by atoms with van der Waals surface area (Å²) in [5.41, 5.74) is 0. The zero-order valence-electron chi connectivity index (χ0n) is 4.79. The van der Waals surface area contributed by atoms with Crippen molar-refractivity contribution in [3.8, 4) is 0 Å². The van der Waals surface area contributed by atoms with Crippen LogP contribution in [0.3, 0.4) is 0 Å². The van der Waals surface area contributed by atoms with Crippen molar-refractivity contribution in [1.82, 2.24) is 0 Å². The molecule has 8 heavy (non-hydrogen) atoms. The number of hydrogen-bond donors (Lipinski definition) is 0. The second-order valence-electron chi connectivity index (χ2n) is 1.70. The van der Waals surface area contributed by atoms with Gasteiger partial charge < -0.3 is 9.05 Å². The van der Waals surface area contributed by atoms with Crippen molar-refractivity contribution in [2.45, 2.75) is 6.42 Å². The summed E-state index contributed by atoms with van der Waals surface area (Å²) in [6.45, 7) is 0.588. The normalized spacial score (nSPS) is 38.1. The summed E-state index contributed by atoms with van der Waals surface area (Å²) < 4.78 is 20.4. The smallest absolute Gasteiger partial charge is 0.312 e. The lowest BCUT2D eigenvalue weighted by Crippen LogP contribution is -1.82. The summed E-state index contributed by atoms with van der Waals surface area (Å²) in [6.07, 6.45) is 1.45. The maximum atomic E-state index is 10.9. The summed E-state index contributed by atoms with van der Waals surface area (Å²) in [5, 5.41) is 0. The average Bonchev–Trinajstić information content (AvgIpc) is 2.17. The van der Waals surface area contributed by atoms with E-state index in [4.69, 9.17) is 4.52 Å². The molecule has 0 aromatic carbocycles. The van der Waals surface area contributed by atoms with E-state index in [2.05, 4.69) is 4.52 Å². The first kappa shape index (κ1) is 6.27. The van der Waals surface area contributed by atoms with E-state index in [-0.39, 0.29) is 0 Å². The Morgan fingerprint density at radius 3 is 2.75 bits per heavy atom. The first-order chi connectivity index (χ1) is 3.77. The van der Waals surface area contributed by atoms with Gasteiger partial charge in [0, 0.05) is 7.11 Å². The van der Waals surface area contributed by atoms with Crippen molar-refractivity contribution >= 4 is 7.60 Å². The highest BCUT2D eigenvalue weighted by Crippen LogP contribution is 2.51. The second kappa shape index (κ2) is 2.18. The van der Waals surface area contributed by atoms with Crippen molar-refractivity contribution in [3.05, 3.63) is 0 Å². The van der Waals surface area contributed by atoms with E-state index < -0.39 is 7.60 Å². The Bertz CT molecular complexity index is 112. The van der Waals surface area contributed by atoms with Crippen LogP contribution in [-0.2, 0) is 13.6 Å². The molecule has 0 N–H and O–H groups in total. The van der Waals surface area contributed by atoms with Gasteiger partial charge >= 0.3 is 7.60 Å². The van der Waals surface area contributed by atoms with E-state index in [1.807, 2.05) is 0 Å². The van der Waals surface area contributed by atoms with Crippen LogP contribution in [0.2, 0.25) is 0 Å². The van der Waals surface area contributed by atoms with Gasteiger partial charge in [-0.25, -0.2) is 0 Å². The first-order valence-corrected chi connectivity index (χ1v) is 4.29. The van der Waals surface area contributed by atoms with Crippen molar-refractivity contribution in [2.24, 2.45) is 0 Å². The van der Waals surface area contributed by atoms with Crippen LogP contribution >= 0.6 is 7.60 Å². The topological polar surface area (TPSA) is 35.5 Å². The lowest BCUT2D eigenvalue weighted by Gasteiger charge is -2.04. The maximum absolute atomic E-state index is 10.9. The Balaban J connectivity index is 2.53. The van der Waals surface area contributed by atoms with Crippen molar-refractivity contribution in [1.29, 1.82) is 0 Å². The standard InChI is InChI=1S/C4H9O3P/c1-6-8(5)4-2-3-7-8/h2-4H2,1H3. The average molecular weight is 136 g/mol. The van der Waals surface area contributed by atoms with Gasteiger partial charge in [0.1, 0.15) is 0 Å². The van der Waals surface area contributed by atoms with Crippen molar-refractivity contribution in [2.75, 3.05) is 19.9 Å². The highest BCUT2D eigenvalue weighted by Gasteiger charge is 2.27.